The van der Waals surface area contributed by atoms with Crippen molar-refractivity contribution in [2.24, 2.45) is 10.8 Å². The average Bonchev–Trinajstić information content (AvgIpc) is 2.27. The zero-order valence-corrected chi connectivity index (χ0v) is 12.0. The molecular weight excluding hydrogens is 266 g/mol. The minimum Gasteiger partial charge on any atom is -0.466 e. The SMILES string of the molecule is CCOC(=O)C/C(N)=N/Nc1c(C)cc(C)cc1Cl. The molecule has 0 amide bonds. The highest BCUT2D eigenvalue weighted by molar-refractivity contribution is 6.33. The van der Waals surface area contributed by atoms with Gasteiger partial charge in [-0.15, -0.1) is 0 Å². The van der Waals surface area contributed by atoms with E-state index in [9.17, 15) is 4.79 Å². The van der Waals surface area contributed by atoms with E-state index in [1.54, 1.807) is 6.92 Å². The van der Waals surface area contributed by atoms with Crippen LogP contribution in [-0.4, -0.2) is 18.4 Å². The number of hydrogen-bond donors (Lipinski definition) is 2. The zero-order chi connectivity index (χ0) is 14.4. The van der Waals surface area contributed by atoms with Crippen LogP contribution in [0.3, 0.4) is 0 Å². The summed E-state index contributed by atoms with van der Waals surface area (Å²) in [5.74, 6) is -0.258. The van der Waals surface area contributed by atoms with E-state index in [-0.39, 0.29) is 12.3 Å². The Morgan fingerprint density at radius 1 is 1.47 bits per heavy atom. The lowest BCUT2D eigenvalue weighted by atomic mass is 10.1. The molecule has 0 heterocycles. The van der Waals surface area contributed by atoms with Crippen LogP contribution in [0.5, 0.6) is 0 Å². The first-order valence-electron chi connectivity index (χ1n) is 5.94. The third-order valence-electron chi connectivity index (χ3n) is 2.37. The lowest BCUT2D eigenvalue weighted by Crippen LogP contribution is -2.20. The minimum absolute atomic E-state index is 0.0522. The van der Waals surface area contributed by atoms with Gasteiger partial charge in [-0.2, -0.15) is 5.10 Å². The maximum absolute atomic E-state index is 11.2. The fourth-order valence-electron chi connectivity index (χ4n) is 1.58. The van der Waals surface area contributed by atoms with Crippen LogP contribution in [-0.2, 0) is 9.53 Å². The quantitative estimate of drug-likeness (QED) is 0.377. The Morgan fingerprint density at radius 2 is 2.16 bits per heavy atom. The molecule has 6 heteroatoms. The van der Waals surface area contributed by atoms with Gasteiger partial charge >= 0.3 is 5.97 Å². The molecule has 0 aromatic heterocycles. The van der Waals surface area contributed by atoms with E-state index in [4.69, 9.17) is 22.1 Å². The number of aryl methyl sites for hydroxylation is 2. The van der Waals surface area contributed by atoms with E-state index in [1.807, 2.05) is 26.0 Å². The standard InChI is InChI=1S/C13H18ClN3O2/c1-4-19-12(18)7-11(15)16-17-13-9(3)5-8(2)6-10(13)14/h5-6,17H,4,7H2,1-3H3,(H2,15,16). The molecule has 104 valence electrons. The van der Waals surface area contributed by atoms with Crippen LogP contribution in [0.1, 0.15) is 24.5 Å². The number of benzene rings is 1. The van der Waals surface area contributed by atoms with E-state index in [0.29, 0.717) is 17.3 Å². The summed E-state index contributed by atoms with van der Waals surface area (Å²) < 4.78 is 4.77. The summed E-state index contributed by atoms with van der Waals surface area (Å²) in [6.45, 7) is 5.93. The average molecular weight is 284 g/mol. The number of carbonyl (C=O) groups excluding carboxylic acids is 1. The Labute approximate surface area is 117 Å². The van der Waals surface area contributed by atoms with Crippen molar-refractivity contribution in [3.8, 4) is 0 Å². The van der Waals surface area contributed by atoms with Crippen molar-refractivity contribution < 1.29 is 9.53 Å². The smallest absolute Gasteiger partial charge is 0.313 e. The number of amidine groups is 1. The first-order chi connectivity index (χ1) is 8.93. The van der Waals surface area contributed by atoms with Crippen LogP contribution in [0.4, 0.5) is 5.69 Å². The number of rotatable bonds is 5. The Morgan fingerprint density at radius 3 is 2.74 bits per heavy atom. The zero-order valence-electron chi connectivity index (χ0n) is 11.3. The largest absolute Gasteiger partial charge is 0.466 e. The first-order valence-corrected chi connectivity index (χ1v) is 6.32. The Balaban J connectivity index is 2.73. The number of hydrazone groups is 1. The number of anilines is 1. The van der Waals surface area contributed by atoms with Gasteiger partial charge in [0.05, 0.1) is 17.3 Å². The molecule has 3 N–H and O–H groups in total. The number of nitrogens with zero attached hydrogens (tertiary/aromatic N) is 1. The minimum atomic E-state index is -0.405. The number of nitrogens with two attached hydrogens (primary N) is 1. The molecule has 0 atom stereocenters. The number of carbonyl (C=O) groups is 1. The predicted octanol–water partition coefficient (Wildman–Crippen LogP) is 2.59. The molecule has 19 heavy (non-hydrogen) atoms. The summed E-state index contributed by atoms with van der Waals surface area (Å²) in [7, 11) is 0. The molecule has 1 rings (SSSR count). The maximum atomic E-state index is 11.2. The third-order valence-corrected chi connectivity index (χ3v) is 2.67. The van der Waals surface area contributed by atoms with Crippen molar-refractivity contribution in [2.45, 2.75) is 27.2 Å². The van der Waals surface area contributed by atoms with Gasteiger partial charge in [-0.05, 0) is 38.0 Å². The second-order valence-electron chi connectivity index (χ2n) is 4.14. The van der Waals surface area contributed by atoms with Gasteiger partial charge < -0.3 is 10.5 Å². The molecule has 0 saturated carbocycles. The topological polar surface area (TPSA) is 76.7 Å². The van der Waals surface area contributed by atoms with Crippen LogP contribution < -0.4 is 11.2 Å². The summed E-state index contributed by atoms with van der Waals surface area (Å²) in [4.78, 5) is 11.2. The number of ether oxygens (including phenoxy) is 1. The fraction of sp³-hybridized carbons (Fsp3) is 0.385. The number of halogens is 1. The highest BCUT2D eigenvalue weighted by Gasteiger charge is 2.07. The van der Waals surface area contributed by atoms with E-state index in [1.165, 1.54) is 0 Å². The Kier molecular flexibility index (Phi) is 5.63. The van der Waals surface area contributed by atoms with Crippen LogP contribution in [0, 0.1) is 13.8 Å². The third kappa shape index (κ3) is 4.79. The molecule has 0 aliphatic heterocycles. The van der Waals surface area contributed by atoms with E-state index in [0.717, 1.165) is 11.1 Å². The van der Waals surface area contributed by atoms with Gasteiger partial charge in [0.1, 0.15) is 12.3 Å². The monoisotopic (exact) mass is 283 g/mol. The summed E-state index contributed by atoms with van der Waals surface area (Å²) in [6.07, 6.45) is -0.0522. The lowest BCUT2D eigenvalue weighted by molar-refractivity contribution is -0.141. The highest BCUT2D eigenvalue weighted by Crippen LogP contribution is 2.27. The summed E-state index contributed by atoms with van der Waals surface area (Å²) in [5, 5.41) is 4.49. The molecule has 0 bridgehead atoms. The molecule has 0 radical (unpaired) electrons. The molecule has 1 aromatic carbocycles. The summed E-state index contributed by atoms with van der Waals surface area (Å²) in [5.41, 5.74) is 11.1. The molecular formula is C13H18ClN3O2. The van der Waals surface area contributed by atoms with Crippen molar-refractivity contribution in [1.29, 1.82) is 0 Å². The van der Waals surface area contributed by atoms with E-state index < -0.39 is 5.97 Å². The molecule has 0 fully saturated rings. The van der Waals surface area contributed by atoms with Crippen LogP contribution in [0.15, 0.2) is 17.2 Å². The molecule has 5 nitrogen and oxygen atoms in total. The summed E-state index contributed by atoms with van der Waals surface area (Å²) >= 11 is 6.11. The van der Waals surface area contributed by atoms with E-state index in [2.05, 4.69) is 10.5 Å². The van der Waals surface area contributed by atoms with Crippen LogP contribution >= 0.6 is 11.6 Å². The molecule has 1 aromatic rings. The number of esters is 1. The van der Waals surface area contributed by atoms with Crippen LogP contribution in [0.25, 0.3) is 0 Å². The van der Waals surface area contributed by atoms with Gasteiger partial charge in [0.15, 0.2) is 0 Å². The number of hydrogen-bond acceptors (Lipinski definition) is 4. The normalized spacial score (nSPS) is 11.3. The van der Waals surface area contributed by atoms with Gasteiger partial charge in [-0.25, -0.2) is 0 Å². The molecule has 0 spiro atoms. The van der Waals surface area contributed by atoms with Gasteiger partial charge in [0.2, 0.25) is 0 Å². The van der Waals surface area contributed by atoms with Crippen molar-refractivity contribution in [3.05, 3.63) is 28.3 Å². The van der Waals surface area contributed by atoms with Crippen molar-refractivity contribution >= 4 is 29.1 Å². The first kappa shape index (κ1) is 15.3. The highest BCUT2D eigenvalue weighted by atomic mass is 35.5. The Bertz CT molecular complexity index is 478. The predicted molar refractivity (Wildman–Crippen MR) is 77.4 cm³/mol. The lowest BCUT2D eigenvalue weighted by Gasteiger charge is -2.09. The van der Waals surface area contributed by atoms with Crippen molar-refractivity contribution in [1.82, 2.24) is 0 Å². The molecule has 0 unspecified atom stereocenters. The molecule has 0 aliphatic rings. The maximum Gasteiger partial charge on any atom is 0.313 e. The molecule has 0 saturated heterocycles. The van der Waals surface area contributed by atoms with Gasteiger partial charge in [0, 0.05) is 0 Å². The van der Waals surface area contributed by atoms with E-state index >= 15 is 0 Å². The van der Waals surface area contributed by atoms with Crippen molar-refractivity contribution in [3.63, 3.8) is 0 Å². The fourth-order valence-corrected chi connectivity index (χ4v) is 1.95. The molecule has 0 aliphatic carbocycles. The van der Waals surface area contributed by atoms with Gasteiger partial charge in [0.25, 0.3) is 0 Å². The second-order valence-corrected chi connectivity index (χ2v) is 4.54. The van der Waals surface area contributed by atoms with Gasteiger partial charge in [-0.3, -0.25) is 10.2 Å². The summed E-state index contributed by atoms with van der Waals surface area (Å²) in [6, 6.07) is 3.80. The second kappa shape index (κ2) is 6.99. The van der Waals surface area contributed by atoms with Gasteiger partial charge in [-0.1, -0.05) is 17.7 Å². The Hall–Kier alpha value is -1.75. The number of nitrogens with one attached hydrogen (secondary N) is 1. The van der Waals surface area contributed by atoms with Crippen LogP contribution in [0.2, 0.25) is 5.02 Å². The van der Waals surface area contributed by atoms with Crippen molar-refractivity contribution in [2.75, 3.05) is 12.0 Å².